The summed E-state index contributed by atoms with van der Waals surface area (Å²) in [6.45, 7) is 1.78. The van der Waals surface area contributed by atoms with E-state index in [4.69, 9.17) is 0 Å². The third kappa shape index (κ3) is 1.86. The number of aromatic nitrogens is 1. The summed E-state index contributed by atoms with van der Waals surface area (Å²) in [5, 5.41) is 0. The van der Waals surface area contributed by atoms with Crippen LogP contribution >= 0.6 is 0 Å². The van der Waals surface area contributed by atoms with Crippen molar-refractivity contribution < 1.29 is 13.6 Å². The number of ketones is 1. The van der Waals surface area contributed by atoms with Gasteiger partial charge in [-0.25, -0.2) is 8.78 Å². The summed E-state index contributed by atoms with van der Waals surface area (Å²) in [5.41, 5.74) is 0.862. The molecule has 4 heteroatoms. The first kappa shape index (κ1) is 10.5. The van der Waals surface area contributed by atoms with Gasteiger partial charge >= 0.3 is 0 Å². The van der Waals surface area contributed by atoms with E-state index in [2.05, 4.69) is 4.98 Å². The average molecular weight is 221 g/mol. The van der Waals surface area contributed by atoms with Gasteiger partial charge in [0.2, 0.25) is 0 Å². The molecule has 0 aliphatic carbocycles. The molecule has 0 radical (unpaired) electrons. The fourth-order valence-corrected chi connectivity index (χ4v) is 1.47. The smallest absolute Gasteiger partial charge is 0.197 e. The molecule has 0 fully saturated rings. The number of H-pyrrole nitrogens is 1. The molecule has 82 valence electrons. The summed E-state index contributed by atoms with van der Waals surface area (Å²) >= 11 is 0. The highest BCUT2D eigenvalue weighted by atomic mass is 19.1. The predicted molar refractivity (Wildman–Crippen MR) is 55.3 cm³/mol. The molecular weight excluding hydrogens is 212 g/mol. The fourth-order valence-electron chi connectivity index (χ4n) is 1.47. The first-order valence-corrected chi connectivity index (χ1v) is 4.72. The second kappa shape index (κ2) is 3.89. The van der Waals surface area contributed by atoms with Crippen molar-refractivity contribution >= 4 is 5.78 Å². The van der Waals surface area contributed by atoms with Crippen LogP contribution in [0, 0.1) is 18.6 Å². The molecule has 0 aliphatic heterocycles. The number of carbonyl (C=O) groups is 1. The molecular formula is C12H9F2NO. The first-order valence-electron chi connectivity index (χ1n) is 4.72. The van der Waals surface area contributed by atoms with Crippen molar-refractivity contribution in [2.45, 2.75) is 6.92 Å². The second-order valence-electron chi connectivity index (χ2n) is 3.52. The molecule has 2 nitrogen and oxygen atoms in total. The summed E-state index contributed by atoms with van der Waals surface area (Å²) in [4.78, 5) is 14.6. The Balaban J connectivity index is 2.45. The average Bonchev–Trinajstić information content (AvgIpc) is 2.67. The molecule has 0 saturated heterocycles. The standard InChI is InChI=1S/C12H9F2NO/c1-7-4-8(6-15-7)12(16)10-5-9(13)2-3-11(10)14/h2-6,15H,1H3. The fraction of sp³-hybridized carbons (Fsp3) is 0.0833. The minimum absolute atomic E-state index is 0.251. The molecule has 1 aromatic heterocycles. The topological polar surface area (TPSA) is 32.9 Å². The molecule has 1 N–H and O–H groups in total. The Morgan fingerprint density at radius 3 is 2.62 bits per heavy atom. The molecule has 1 aromatic carbocycles. The Hall–Kier alpha value is -1.97. The third-order valence-electron chi connectivity index (χ3n) is 2.26. The van der Waals surface area contributed by atoms with Crippen LogP contribution in [0.4, 0.5) is 8.78 Å². The lowest BCUT2D eigenvalue weighted by atomic mass is 10.1. The van der Waals surface area contributed by atoms with Crippen LogP contribution in [0.25, 0.3) is 0 Å². The second-order valence-corrected chi connectivity index (χ2v) is 3.52. The summed E-state index contributed by atoms with van der Waals surface area (Å²) in [6, 6.07) is 4.42. The van der Waals surface area contributed by atoms with Crippen molar-refractivity contribution in [2.75, 3.05) is 0 Å². The molecule has 0 saturated carbocycles. The molecule has 0 aliphatic rings. The Morgan fingerprint density at radius 2 is 2.00 bits per heavy atom. The highest BCUT2D eigenvalue weighted by Gasteiger charge is 2.15. The maximum absolute atomic E-state index is 13.3. The van der Waals surface area contributed by atoms with Crippen molar-refractivity contribution in [3.63, 3.8) is 0 Å². The Kier molecular flexibility index (Phi) is 2.56. The number of rotatable bonds is 2. The van der Waals surface area contributed by atoms with Gasteiger partial charge in [-0.15, -0.1) is 0 Å². The quantitative estimate of drug-likeness (QED) is 0.777. The van der Waals surface area contributed by atoms with Crippen molar-refractivity contribution in [1.82, 2.24) is 4.98 Å². The van der Waals surface area contributed by atoms with Gasteiger partial charge in [-0.05, 0) is 31.2 Å². The highest BCUT2D eigenvalue weighted by molar-refractivity contribution is 6.09. The summed E-state index contributed by atoms with van der Waals surface area (Å²) in [5.74, 6) is -1.87. The van der Waals surface area contributed by atoms with Crippen molar-refractivity contribution in [2.24, 2.45) is 0 Å². The molecule has 16 heavy (non-hydrogen) atoms. The van der Waals surface area contributed by atoms with Crippen LogP contribution in [0.15, 0.2) is 30.5 Å². The van der Waals surface area contributed by atoms with Crippen LogP contribution in [0.3, 0.4) is 0 Å². The highest BCUT2D eigenvalue weighted by Crippen LogP contribution is 2.15. The van der Waals surface area contributed by atoms with E-state index in [1.54, 1.807) is 13.0 Å². The van der Waals surface area contributed by atoms with Crippen molar-refractivity contribution in [3.05, 3.63) is 58.9 Å². The lowest BCUT2D eigenvalue weighted by Crippen LogP contribution is -2.03. The molecule has 1 heterocycles. The normalized spacial score (nSPS) is 10.4. The zero-order valence-corrected chi connectivity index (χ0v) is 8.55. The van der Waals surface area contributed by atoms with Gasteiger partial charge in [-0.2, -0.15) is 0 Å². The molecule has 0 unspecified atom stereocenters. The van der Waals surface area contributed by atoms with Crippen LogP contribution in [0.2, 0.25) is 0 Å². The predicted octanol–water partition coefficient (Wildman–Crippen LogP) is 2.83. The van der Waals surface area contributed by atoms with Crippen LogP contribution in [-0.4, -0.2) is 10.8 Å². The lowest BCUT2D eigenvalue weighted by molar-refractivity contribution is 0.103. The minimum Gasteiger partial charge on any atom is -0.364 e. The number of benzene rings is 1. The largest absolute Gasteiger partial charge is 0.364 e. The van der Waals surface area contributed by atoms with Crippen molar-refractivity contribution in [1.29, 1.82) is 0 Å². The number of halogens is 2. The van der Waals surface area contributed by atoms with Gasteiger partial charge in [0.1, 0.15) is 11.6 Å². The number of aromatic amines is 1. The van der Waals surface area contributed by atoms with Crippen LogP contribution in [0.5, 0.6) is 0 Å². The van der Waals surface area contributed by atoms with Crippen molar-refractivity contribution in [3.8, 4) is 0 Å². The molecule has 0 bridgehead atoms. The molecule has 2 aromatic rings. The molecule has 0 amide bonds. The van der Waals surface area contributed by atoms with E-state index < -0.39 is 17.4 Å². The van der Waals surface area contributed by atoms with Gasteiger partial charge in [0.25, 0.3) is 0 Å². The lowest BCUT2D eigenvalue weighted by Gasteiger charge is -2.00. The summed E-state index contributed by atoms with van der Waals surface area (Å²) in [7, 11) is 0. The van der Waals surface area contributed by atoms with Gasteiger partial charge in [0.15, 0.2) is 5.78 Å². The zero-order valence-electron chi connectivity index (χ0n) is 8.55. The van der Waals surface area contributed by atoms with Crippen LogP contribution in [-0.2, 0) is 0 Å². The maximum Gasteiger partial charge on any atom is 0.197 e. The minimum atomic E-state index is -0.717. The number of hydrogen-bond donors (Lipinski definition) is 1. The number of carbonyl (C=O) groups excluding carboxylic acids is 1. The number of hydrogen-bond acceptors (Lipinski definition) is 1. The maximum atomic E-state index is 13.3. The zero-order chi connectivity index (χ0) is 11.7. The Labute approximate surface area is 90.9 Å². The number of aryl methyl sites for hydroxylation is 1. The molecule has 0 atom stereocenters. The monoisotopic (exact) mass is 221 g/mol. The van der Waals surface area contributed by atoms with E-state index in [0.717, 1.165) is 23.9 Å². The first-order chi connectivity index (χ1) is 7.58. The van der Waals surface area contributed by atoms with Gasteiger partial charge < -0.3 is 4.98 Å². The van der Waals surface area contributed by atoms with Gasteiger partial charge in [-0.1, -0.05) is 0 Å². The van der Waals surface area contributed by atoms with Crippen LogP contribution in [0.1, 0.15) is 21.6 Å². The summed E-state index contributed by atoms with van der Waals surface area (Å²) < 4.78 is 26.2. The van der Waals surface area contributed by atoms with E-state index in [9.17, 15) is 13.6 Å². The van der Waals surface area contributed by atoms with E-state index >= 15 is 0 Å². The van der Waals surface area contributed by atoms with E-state index in [1.807, 2.05) is 0 Å². The molecule has 2 rings (SSSR count). The SMILES string of the molecule is Cc1cc(C(=O)c2cc(F)ccc2F)c[nH]1. The van der Waals surface area contributed by atoms with E-state index in [1.165, 1.54) is 6.20 Å². The Bertz CT molecular complexity index is 546. The van der Waals surface area contributed by atoms with Crippen LogP contribution < -0.4 is 0 Å². The third-order valence-corrected chi connectivity index (χ3v) is 2.26. The summed E-state index contributed by atoms with van der Waals surface area (Å²) in [6.07, 6.45) is 1.47. The molecule has 0 spiro atoms. The number of nitrogens with one attached hydrogen (secondary N) is 1. The van der Waals surface area contributed by atoms with Gasteiger partial charge in [-0.3, -0.25) is 4.79 Å². The Morgan fingerprint density at radius 1 is 1.25 bits per heavy atom. The van der Waals surface area contributed by atoms with Gasteiger partial charge in [0, 0.05) is 17.5 Å². The van der Waals surface area contributed by atoms with E-state index in [0.29, 0.717) is 5.56 Å². The van der Waals surface area contributed by atoms with Gasteiger partial charge in [0.05, 0.1) is 5.56 Å². The van der Waals surface area contributed by atoms with E-state index in [-0.39, 0.29) is 5.56 Å².